The highest BCUT2D eigenvalue weighted by Crippen LogP contribution is 2.38. The van der Waals surface area contributed by atoms with Gasteiger partial charge in [0, 0.05) is 12.7 Å². The van der Waals surface area contributed by atoms with E-state index in [-0.39, 0.29) is 17.6 Å². The lowest BCUT2D eigenvalue weighted by molar-refractivity contribution is -0.119. The van der Waals surface area contributed by atoms with Gasteiger partial charge in [-0.2, -0.15) is 0 Å². The Labute approximate surface area is 111 Å². The van der Waals surface area contributed by atoms with Crippen molar-refractivity contribution >= 4 is 11.6 Å². The van der Waals surface area contributed by atoms with E-state index in [0.717, 1.165) is 11.3 Å². The quantitative estimate of drug-likeness (QED) is 0.807. The van der Waals surface area contributed by atoms with Gasteiger partial charge in [-0.1, -0.05) is 36.4 Å². The van der Waals surface area contributed by atoms with Crippen LogP contribution in [0, 0.1) is 5.82 Å². The van der Waals surface area contributed by atoms with Crippen LogP contribution in [0.5, 0.6) is 0 Å². The van der Waals surface area contributed by atoms with Crippen molar-refractivity contribution < 1.29 is 9.18 Å². The van der Waals surface area contributed by atoms with Crippen LogP contribution in [-0.2, 0) is 11.2 Å². The fourth-order valence-corrected chi connectivity index (χ4v) is 2.65. The molecule has 1 atom stereocenters. The summed E-state index contributed by atoms with van der Waals surface area (Å²) in [6, 6.07) is 14.3. The second-order valence-corrected chi connectivity index (χ2v) is 4.80. The van der Waals surface area contributed by atoms with Gasteiger partial charge in [-0.05, 0) is 29.7 Å². The zero-order valence-electron chi connectivity index (χ0n) is 10.6. The Kier molecular flexibility index (Phi) is 2.82. The number of likely N-dealkylation sites (N-methyl/N-ethyl adjacent to an activating group) is 1. The summed E-state index contributed by atoms with van der Waals surface area (Å²) in [5.41, 5.74) is 2.50. The molecule has 2 aromatic rings. The molecule has 0 aromatic heterocycles. The van der Waals surface area contributed by atoms with Crippen LogP contribution in [0.4, 0.5) is 10.1 Å². The number of amides is 1. The van der Waals surface area contributed by atoms with Gasteiger partial charge in [0.1, 0.15) is 5.82 Å². The van der Waals surface area contributed by atoms with E-state index in [2.05, 4.69) is 0 Å². The first-order valence-electron chi connectivity index (χ1n) is 6.28. The van der Waals surface area contributed by atoms with E-state index in [9.17, 15) is 9.18 Å². The maximum Gasteiger partial charge on any atom is 0.234 e. The Balaban J connectivity index is 1.98. The van der Waals surface area contributed by atoms with Crippen molar-refractivity contribution in [3.8, 4) is 0 Å². The minimum Gasteiger partial charge on any atom is -0.315 e. The Morgan fingerprint density at radius 1 is 1.11 bits per heavy atom. The van der Waals surface area contributed by atoms with E-state index < -0.39 is 0 Å². The normalized spacial score (nSPS) is 17.7. The molecule has 0 aliphatic carbocycles. The zero-order chi connectivity index (χ0) is 13.4. The largest absolute Gasteiger partial charge is 0.315 e. The van der Waals surface area contributed by atoms with Gasteiger partial charge in [-0.3, -0.25) is 4.79 Å². The van der Waals surface area contributed by atoms with Gasteiger partial charge in [-0.25, -0.2) is 4.39 Å². The van der Waals surface area contributed by atoms with E-state index >= 15 is 0 Å². The Bertz CT molecular complexity index is 638. The van der Waals surface area contributed by atoms with E-state index in [4.69, 9.17) is 0 Å². The average molecular weight is 255 g/mol. The highest BCUT2D eigenvalue weighted by atomic mass is 19.1. The zero-order valence-corrected chi connectivity index (χ0v) is 10.6. The summed E-state index contributed by atoms with van der Waals surface area (Å²) in [5, 5.41) is 0. The molecule has 1 amide bonds. The number of carbonyl (C=O) groups excluding carboxylic acids is 1. The number of para-hydroxylation sites is 1. The van der Waals surface area contributed by atoms with Crippen molar-refractivity contribution in [3.05, 3.63) is 65.5 Å². The van der Waals surface area contributed by atoms with Gasteiger partial charge in [0.2, 0.25) is 5.91 Å². The number of carbonyl (C=O) groups is 1. The Morgan fingerprint density at radius 3 is 2.58 bits per heavy atom. The highest BCUT2D eigenvalue weighted by Gasteiger charge is 2.34. The van der Waals surface area contributed by atoms with E-state index in [1.165, 1.54) is 6.07 Å². The van der Waals surface area contributed by atoms with Gasteiger partial charge in [0.05, 0.1) is 5.92 Å². The summed E-state index contributed by atoms with van der Waals surface area (Å²) < 4.78 is 13.7. The lowest BCUT2D eigenvalue weighted by Gasteiger charge is -2.11. The standard InChI is InChI=1S/C16H14FNO/c1-18-15-9-5-3-7-12(15)13(16(18)19)10-11-6-2-4-8-14(11)17/h2-9,13H,10H2,1H3/t13-/m1/s1. The number of anilines is 1. The molecule has 0 spiro atoms. The molecule has 2 aromatic carbocycles. The van der Waals surface area contributed by atoms with E-state index in [0.29, 0.717) is 12.0 Å². The topological polar surface area (TPSA) is 20.3 Å². The summed E-state index contributed by atoms with van der Waals surface area (Å²) in [6.07, 6.45) is 0.410. The molecular formula is C16H14FNO. The number of nitrogens with zero attached hydrogens (tertiary/aromatic N) is 1. The first-order chi connectivity index (χ1) is 9.18. The molecule has 3 rings (SSSR count). The fraction of sp³-hybridized carbons (Fsp3) is 0.188. The van der Waals surface area contributed by atoms with Crippen LogP contribution in [0.2, 0.25) is 0 Å². The maximum absolute atomic E-state index is 13.7. The number of fused-ring (bicyclic) bond motifs is 1. The predicted molar refractivity (Wildman–Crippen MR) is 72.7 cm³/mol. The monoisotopic (exact) mass is 255 g/mol. The number of hydrogen-bond acceptors (Lipinski definition) is 1. The number of rotatable bonds is 2. The lowest BCUT2D eigenvalue weighted by Crippen LogP contribution is -2.25. The van der Waals surface area contributed by atoms with Gasteiger partial charge in [-0.15, -0.1) is 0 Å². The molecule has 0 radical (unpaired) electrons. The van der Waals surface area contributed by atoms with Crippen molar-refractivity contribution in [1.29, 1.82) is 0 Å². The molecule has 0 unspecified atom stereocenters. The smallest absolute Gasteiger partial charge is 0.234 e. The van der Waals surface area contributed by atoms with Gasteiger partial charge in [0.15, 0.2) is 0 Å². The first kappa shape index (κ1) is 11.9. The minimum absolute atomic E-state index is 0.0319. The van der Waals surface area contributed by atoms with Crippen LogP contribution < -0.4 is 4.90 Å². The van der Waals surface area contributed by atoms with Gasteiger partial charge >= 0.3 is 0 Å². The van der Waals surface area contributed by atoms with Crippen molar-refractivity contribution in [3.63, 3.8) is 0 Å². The molecule has 1 heterocycles. The van der Waals surface area contributed by atoms with Crippen molar-refractivity contribution in [2.24, 2.45) is 0 Å². The van der Waals surface area contributed by atoms with Gasteiger partial charge in [0.25, 0.3) is 0 Å². The van der Waals surface area contributed by atoms with Crippen LogP contribution in [0.1, 0.15) is 17.0 Å². The van der Waals surface area contributed by atoms with Crippen LogP contribution in [0.25, 0.3) is 0 Å². The van der Waals surface area contributed by atoms with Crippen molar-refractivity contribution in [2.45, 2.75) is 12.3 Å². The summed E-state index contributed by atoms with van der Waals surface area (Å²) >= 11 is 0. The molecule has 96 valence electrons. The number of benzene rings is 2. The SMILES string of the molecule is CN1C(=O)[C@H](Cc2ccccc2F)c2ccccc21. The van der Waals surface area contributed by atoms with E-state index in [1.54, 1.807) is 30.1 Å². The molecule has 0 bridgehead atoms. The number of halogens is 1. The molecule has 3 heteroatoms. The molecule has 0 fully saturated rings. The highest BCUT2D eigenvalue weighted by molar-refractivity contribution is 6.04. The molecule has 0 N–H and O–H groups in total. The first-order valence-corrected chi connectivity index (χ1v) is 6.28. The molecule has 0 saturated heterocycles. The van der Waals surface area contributed by atoms with Crippen molar-refractivity contribution in [1.82, 2.24) is 0 Å². The average Bonchev–Trinajstić information content (AvgIpc) is 2.67. The molecule has 0 saturated carbocycles. The summed E-state index contributed by atoms with van der Waals surface area (Å²) in [7, 11) is 1.77. The lowest BCUT2D eigenvalue weighted by atomic mass is 9.93. The van der Waals surface area contributed by atoms with Crippen LogP contribution in [0.3, 0.4) is 0 Å². The van der Waals surface area contributed by atoms with Crippen molar-refractivity contribution in [2.75, 3.05) is 11.9 Å². The fourth-order valence-electron chi connectivity index (χ4n) is 2.65. The molecule has 1 aliphatic heterocycles. The maximum atomic E-state index is 13.7. The van der Waals surface area contributed by atoms with Crippen LogP contribution in [0.15, 0.2) is 48.5 Å². The summed E-state index contributed by atoms with van der Waals surface area (Å²) in [5.74, 6) is -0.495. The molecule has 1 aliphatic rings. The third-order valence-corrected chi connectivity index (χ3v) is 3.68. The summed E-state index contributed by atoms with van der Waals surface area (Å²) in [6.45, 7) is 0. The third kappa shape index (κ3) is 1.91. The van der Waals surface area contributed by atoms with E-state index in [1.807, 2.05) is 24.3 Å². The minimum atomic E-state index is -0.280. The summed E-state index contributed by atoms with van der Waals surface area (Å²) in [4.78, 5) is 13.9. The Hall–Kier alpha value is -2.16. The molecule has 2 nitrogen and oxygen atoms in total. The van der Waals surface area contributed by atoms with Gasteiger partial charge < -0.3 is 4.90 Å². The molecular weight excluding hydrogens is 241 g/mol. The predicted octanol–water partition coefficient (Wildman–Crippen LogP) is 3.13. The second kappa shape index (κ2) is 4.50. The molecule has 19 heavy (non-hydrogen) atoms. The van der Waals surface area contributed by atoms with Crippen LogP contribution >= 0.6 is 0 Å². The number of hydrogen-bond donors (Lipinski definition) is 0. The second-order valence-electron chi connectivity index (χ2n) is 4.80. The third-order valence-electron chi connectivity index (χ3n) is 3.68. The van der Waals surface area contributed by atoms with Crippen LogP contribution in [-0.4, -0.2) is 13.0 Å². The Morgan fingerprint density at radius 2 is 1.79 bits per heavy atom.